The molecule has 0 spiro atoms. The van der Waals surface area contributed by atoms with Crippen LogP contribution in [0.1, 0.15) is 27.2 Å². The van der Waals surface area contributed by atoms with E-state index < -0.39 is 28.5 Å². The third kappa shape index (κ3) is 1.71. The molecule has 1 aliphatic rings. The molecule has 0 heterocycles. The molecule has 0 unspecified atom stereocenters. The number of carboxylic acid groups (broad SMARTS) is 1. The fourth-order valence-corrected chi connectivity index (χ4v) is 1.63. The molecule has 0 bridgehead atoms. The fraction of sp³-hybridized carbons (Fsp3) is 0.636. The summed E-state index contributed by atoms with van der Waals surface area (Å²) in [5, 5.41) is 9.11. The second-order valence-corrected chi connectivity index (χ2v) is 5.13. The average molecular weight is 227 g/mol. The van der Waals surface area contributed by atoms with Crippen LogP contribution in [0.2, 0.25) is 0 Å². The van der Waals surface area contributed by atoms with E-state index in [-0.39, 0.29) is 6.42 Å². The lowest BCUT2D eigenvalue weighted by Crippen LogP contribution is -2.42. The summed E-state index contributed by atoms with van der Waals surface area (Å²) in [4.78, 5) is 23.0. The number of carboxylic acids is 1. The van der Waals surface area contributed by atoms with Crippen molar-refractivity contribution in [1.29, 1.82) is 0 Å². The molecule has 0 amide bonds. The lowest BCUT2D eigenvalue weighted by Gasteiger charge is -2.23. The van der Waals surface area contributed by atoms with E-state index in [4.69, 9.17) is 15.6 Å². The smallest absolute Gasteiger partial charge is 0.326 e. The van der Waals surface area contributed by atoms with Crippen LogP contribution >= 0.6 is 0 Å². The van der Waals surface area contributed by atoms with Crippen LogP contribution in [-0.2, 0) is 14.3 Å². The first-order valence-corrected chi connectivity index (χ1v) is 4.98. The van der Waals surface area contributed by atoms with Crippen LogP contribution in [0.25, 0.3) is 0 Å². The van der Waals surface area contributed by atoms with Gasteiger partial charge in [-0.05, 0) is 27.2 Å². The fourth-order valence-electron chi connectivity index (χ4n) is 1.63. The number of hydrogen-bond donors (Lipinski definition) is 2. The quantitative estimate of drug-likeness (QED) is 0.420. The van der Waals surface area contributed by atoms with E-state index in [0.717, 1.165) is 0 Å². The molecule has 1 fully saturated rings. The highest BCUT2D eigenvalue weighted by Crippen LogP contribution is 2.56. The molecular weight excluding hydrogens is 210 g/mol. The number of nitrogens with two attached hydrogens (primary N) is 1. The van der Waals surface area contributed by atoms with Crippen molar-refractivity contribution >= 4 is 11.9 Å². The molecule has 1 aliphatic carbocycles. The Bertz CT molecular complexity index is 357. The van der Waals surface area contributed by atoms with Crippen molar-refractivity contribution < 1.29 is 19.4 Å². The highest BCUT2D eigenvalue weighted by atomic mass is 16.6. The van der Waals surface area contributed by atoms with Gasteiger partial charge in [0.05, 0.1) is 5.54 Å². The van der Waals surface area contributed by atoms with E-state index in [1.54, 1.807) is 20.8 Å². The first-order valence-electron chi connectivity index (χ1n) is 4.98. The van der Waals surface area contributed by atoms with E-state index in [1.165, 1.54) is 6.08 Å². The number of ether oxygens (including phenoxy) is 1. The zero-order chi connectivity index (χ0) is 12.8. The molecule has 0 aromatic heterocycles. The van der Waals surface area contributed by atoms with Crippen LogP contribution in [-0.4, -0.2) is 28.2 Å². The van der Waals surface area contributed by atoms with Gasteiger partial charge in [0.25, 0.3) is 0 Å². The van der Waals surface area contributed by atoms with Crippen molar-refractivity contribution in [1.82, 2.24) is 0 Å². The van der Waals surface area contributed by atoms with Gasteiger partial charge in [0.1, 0.15) is 5.60 Å². The first kappa shape index (κ1) is 12.7. The minimum atomic E-state index is -1.66. The molecule has 16 heavy (non-hydrogen) atoms. The Morgan fingerprint density at radius 1 is 1.50 bits per heavy atom. The Morgan fingerprint density at radius 2 is 2.00 bits per heavy atom. The molecular formula is C11H17NO4. The molecule has 0 saturated heterocycles. The Morgan fingerprint density at radius 3 is 2.25 bits per heavy atom. The summed E-state index contributed by atoms with van der Waals surface area (Å²) in [6.07, 6.45) is 1.33. The lowest BCUT2D eigenvalue weighted by molar-refractivity contribution is -0.169. The molecule has 1 rings (SSSR count). The van der Waals surface area contributed by atoms with Gasteiger partial charge in [0.15, 0.2) is 5.41 Å². The van der Waals surface area contributed by atoms with Gasteiger partial charge in [0, 0.05) is 0 Å². The van der Waals surface area contributed by atoms with Crippen LogP contribution in [0, 0.1) is 5.41 Å². The molecule has 1 saturated carbocycles. The van der Waals surface area contributed by atoms with Gasteiger partial charge in [-0.25, -0.2) is 0 Å². The van der Waals surface area contributed by atoms with Crippen molar-refractivity contribution in [3.8, 4) is 0 Å². The summed E-state index contributed by atoms with van der Waals surface area (Å²) in [5.74, 6) is -2.06. The largest absolute Gasteiger partial charge is 0.480 e. The van der Waals surface area contributed by atoms with Crippen molar-refractivity contribution in [3.05, 3.63) is 12.7 Å². The molecule has 2 atom stereocenters. The minimum absolute atomic E-state index is 0.0355. The Balaban J connectivity index is 2.96. The molecule has 0 aromatic carbocycles. The minimum Gasteiger partial charge on any atom is -0.480 e. The topological polar surface area (TPSA) is 89.6 Å². The Kier molecular flexibility index (Phi) is 2.63. The predicted molar refractivity (Wildman–Crippen MR) is 57.6 cm³/mol. The third-order valence-corrected chi connectivity index (χ3v) is 2.70. The van der Waals surface area contributed by atoms with Crippen LogP contribution < -0.4 is 5.73 Å². The number of carbonyl (C=O) groups excluding carboxylic acids is 1. The second-order valence-electron chi connectivity index (χ2n) is 5.13. The lowest BCUT2D eigenvalue weighted by atomic mass is 10.00. The van der Waals surface area contributed by atoms with E-state index in [1.807, 2.05) is 0 Å². The van der Waals surface area contributed by atoms with Gasteiger partial charge in [0.2, 0.25) is 0 Å². The molecule has 5 heteroatoms. The van der Waals surface area contributed by atoms with E-state index >= 15 is 0 Å². The van der Waals surface area contributed by atoms with Crippen LogP contribution in [0.15, 0.2) is 12.7 Å². The molecule has 5 nitrogen and oxygen atoms in total. The summed E-state index contributed by atoms with van der Waals surface area (Å²) in [7, 11) is 0. The second kappa shape index (κ2) is 3.31. The molecule has 3 N–H and O–H groups in total. The van der Waals surface area contributed by atoms with Gasteiger partial charge in [-0.3, -0.25) is 9.59 Å². The summed E-state index contributed by atoms with van der Waals surface area (Å²) in [6.45, 7) is 8.48. The number of esters is 1. The maximum atomic E-state index is 11.8. The summed E-state index contributed by atoms with van der Waals surface area (Å²) in [6, 6.07) is 0. The summed E-state index contributed by atoms with van der Waals surface area (Å²) < 4.78 is 5.08. The van der Waals surface area contributed by atoms with Crippen LogP contribution in [0.4, 0.5) is 0 Å². The van der Waals surface area contributed by atoms with E-state index in [2.05, 4.69) is 6.58 Å². The highest BCUT2D eigenvalue weighted by Gasteiger charge is 2.75. The maximum Gasteiger partial charge on any atom is 0.326 e. The average Bonchev–Trinajstić information content (AvgIpc) is 2.72. The van der Waals surface area contributed by atoms with Gasteiger partial charge < -0.3 is 15.6 Å². The summed E-state index contributed by atoms with van der Waals surface area (Å²) >= 11 is 0. The van der Waals surface area contributed by atoms with E-state index in [0.29, 0.717) is 0 Å². The van der Waals surface area contributed by atoms with Gasteiger partial charge >= 0.3 is 11.9 Å². The zero-order valence-electron chi connectivity index (χ0n) is 9.74. The maximum absolute atomic E-state index is 11.8. The highest BCUT2D eigenvalue weighted by molar-refractivity contribution is 6.06. The number of carbonyl (C=O) groups is 2. The zero-order valence-corrected chi connectivity index (χ0v) is 9.74. The van der Waals surface area contributed by atoms with Gasteiger partial charge in [-0.2, -0.15) is 0 Å². The summed E-state index contributed by atoms with van der Waals surface area (Å²) in [5.41, 5.74) is 2.16. The standard InChI is InChI=1S/C11H17NO4/c1-5-10(12)6-11(10,7(13)14)8(15)16-9(2,3)4/h5H,1,6,12H2,2-4H3,(H,13,14)/t10-,11+/m1/s1. The molecule has 90 valence electrons. The molecule has 0 aromatic rings. The predicted octanol–water partition coefficient (Wildman–Crippen LogP) is 0.686. The van der Waals surface area contributed by atoms with Crippen molar-refractivity contribution in [3.63, 3.8) is 0 Å². The normalized spacial score (nSPS) is 33.0. The number of hydrogen-bond acceptors (Lipinski definition) is 4. The Labute approximate surface area is 94.3 Å². The first-order chi connectivity index (χ1) is 7.09. The molecule has 0 aliphatic heterocycles. The van der Waals surface area contributed by atoms with Crippen LogP contribution in [0.3, 0.4) is 0 Å². The third-order valence-electron chi connectivity index (χ3n) is 2.70. The van der Waals surface area contributed by atoms with Gasteiger partial charge in [-0.15, -0.1) is 6.58 Å². The van der Waals surface area contributed by atoms with E-state index in [9.17, 15) is 9.59 Å². The SMILES string of the molecule is C=C[C@@]1(N)C[C@]1(C(=O)O)C(=O)OC(C)(C)C. The van der Waals surface area contributed by atoms with Crippen LogP contribution in [0.5, 0.6) is 0 Å². The van der Waals surface area contributed by atoms with Crippen molar-refractivity contribution in [2.45, 2.75) is 38.3 Å². The van der Waals surface area contributed by atoms with Gasteiger partial charge in [-0.1, -0.05) is 6.08 Å². The number of rotatable bonds is 3. The Hall–Kier alpha value is -1.36. The molecule has 0 radical (unpaired) electrons. The monoisotopic (exact) mass is 227 g/mol. The van der Waals surface area contributed by atoms with Crippen molar-refractivity contribution in [2.24, 2.45) is 11.1 Å². The van der Waals surface area contributed by atoms with Crippen molar-refractivity contribution in [2.75, 3.05) is 0 Å². The number of aliphatic carboxylic acids is 1.